The number of nitrogens with zero attached hydrogens (tertiary/aromatic N) is 4. The van der Waals surface area contributed by atoms with E-state index in [4.69, 9.17) is 21.1 Å². The van der Waals surface area contributed by atoms with Crippen molar-refractivity contribution in [3.05, 3.63) is 46.6 Å². The van der Waals surface area contributed by atoms with Gasteiger partial charge in [-0.15, -0.1) is 0 Å². The largest absolute Gasteiger partial charge is 0.479 e. The van der Waals surface area contributed by atoms with Gasteiger partial charge >= 0.3 is 0 Å². The first-order chi connectivity index (χ1) is 16.9. The predicted octanol–water partition coefficient (Wildman–Crippen LogP) is 3.55. The first-order valence-corrected chi connectivity index (χ1v) is 11.3. The van der Waals surface area contributed by atoms with E-state index >= 15 is 0 Å². The molecule has 11 heteroatoms. The topological polar surface area (TPSA) is 137 Å². The number of ether oxygens (including phenoxy) is 2. The molecule has 0 amide bonds. The van der Waals surface area contributed by atoms with E-state index in [9.17, 15) is 10.4 Å². The zero-order valence-electron chi connectivity index (χ0n) is 19.6. The molecule has 3 aromatic rings. The molecule has 0 saturated carbocycles. The summed E-state index contributed by atoms with van der Waals surface area (Å²) in [6.07, 6.45) is 1.62. The molecule has 0 saturated heterocycles. The summed E-state index contributed by atoms with van der Waals surface area (Å²) in [7, 11) is 3.13. The molecule has 1 aromatic carbocycles. The van der Waals surface area contributed by atoms with Crippen LogP contribution in [0.25, 0.3) is 11.3 Å². The van der Waals surface area contributed by atoms with Crippen LogP contribution in [0.4, 0.5) is 23.1 Å². The van der Waals surface area contributed by atoms with Crippen LogP contribution in [0.5, 0.6) is 5.88 Å². The number of benzene rings is 1. The van der Waals surface area contributed by atoms with Crippen molar-refractivity contribution in [2.45, 2.75) is 12.3 Å². The molecule has 0 spiro atoms. The first-order valence-electron chi connectivity index (χ1n) is 10.9. The van der Waals surface area contributed by atoms with Gasteiger partial charge in [-0.3, -0.25) is 0 Å². The van der Waals surface area contributed by atoms with Gasteiger partial charge in [-0.1, -0.05) is 18.5 Å². The van der Waals surface area contributed by atoms with Crippen molar-refractivity contribution < 1.29 is 14.6 Å². The Hall–Kier alpha value is -3.65. The van der Waals surface area contributed by atoms with Crippen molar-refractivity contribution in [3.8, 4) is 23.2 Å². The second-order valence-corrected chi connectivity index (χ2v) is 8.72. The van der Waals surface area contributed by atoms with Crippen LogP contribution in [0.3, 0.4) is 0 Å². The second-order valence-electron chi connectivity index (χ2n) is 8.32. The van der Waals surface area contributed by atoms with Gasteiger partial charge in [0.2, 0.25) is 11.8 Å². The third kappa shape index (κ3) is 4.93. The Morgan fingerprint density at radius 3 is 2.83 bits per heavy atom. The van der Waals surface area contributed by atoms with Gasteiger partial charge in [0, 0.05) is 37.4 Å². The maximum absolute atomic E-state index is 9.96. The normalized spacial score (nSPS) is 16.2. The predicted molar refractivity (Wildman–Crippen MR) is 135 cm³/mol. The molecular formula is C24H26ClN7O3. The van der Waals surface area contributed by atoms with Crippen LogP contribution in [-0.4, -0.2) is 60.6 Å². The highest BCUT2D eigenvalue weighted by Crippen LogP contribution is 2.41. The van der Waals surface area contributed by atoms with Gasteiger partial charge in [0.1, 0.15) is 17.6 Å². The zero-order chi connectivity index (χ0) is 25.0. The number of fused-ring (bicyclic) bond motifs is 1. The maximum atomic E-state index is 9.96. The standard InChI is InChI=1S/C24H26ClN7O3/c1-24(13-33)12-29-20-15(11-26)8-14(9-16(20)24)18-4-5-28-23(30-18)31-19-10-17(25)21(27-6-7-34-2)32-22(19)35-3/h4-5,8-10,29,33H,6-7,12-13H2,1-3H3,(H,27,32)(H,28,30,31)/t24-/m1/s1. The van der Waals surface area contributed by atoms with Crippen molar-refractivity contribution in [2.75, 3.05) is 56.5 Å². The molecule has 1 aliphatic rings. The summed E-state index contributed by atoms with van der Waals surface area (Å²) >= 11 is 6.40. The number of aliphatic hydroxyl groups excluding tert-OH is 1. The molecule has 182 valence electrons. The van der Waals surface area contributed by atoms with E-state index in [1.54, 1.807) is 31.5 Å². The summed E-state index contributed by atoms with van der Waals surface area (Å²) < 4.78 is 10.5. The Balaban J connectivity index is 1.66. The van der Waals surface area contributed by atoms with Crippen LogP contribution in [-0.2, 0) is 10.2 Å². The van der Waals surface area contributed by atoms with E-state index in [1.807, 2.05) is 13.0 Å². The number of hydrogen-bond donors (Lipinski definition) is 4. The summed E-state index contributed by atoms with van der Waals surface area (Å²) in [5.74, 6) is 1.10. The van der Waals surface area contributed by atoms with E-state index in [1.165, 1.54) is 7.11 Å². The van der Waals surface area contributed by atoms with Crippen molar-refractivity contribution in [1.29, 1.82) is 5.26 Å². The highest BCUT2D eigenvalue weighted by Gasteiger charge is 2.36. The summed E-state index contributed by atoms with van der Waals surface area (Å²) in [6, 6.07) is 9.42. The van der Waals surface area contributed by atoms with Crippen molar-refractivity contribution in [1.82, 2.24) is 15.0 Å². The molecule has 0 aliphatic carbocycles. The molecule has 2 aromatic heterocycles. The lowest BCUT2D eigenvalue weighted by Crippen LogP contribution is -2.28. The van der Waals surface area contributed by atoms with E-state index in [2.05, 4.69) is 37.0 Å². The SMILES string of the molecule is COCCNc1nc(OC)c(Nc2nccc(-c3cc(C#N)c4c(c3)[C@@](C)(CO)CN4)n2)cc1Cl. The van der Waals surface area contributed by atoms with Crippen molar-refractivity contribution >= 4 is 34.7 Å². The number of aromatic nitrogens is 3. The fourth-order valence-corrected chi connectivity index (χ4v) is 4.10. The average Bonchev–Trinajstić information content (AvgIpc) is 3.22. The number of aliphatic hydroxyl groups is 1. The highest BCUT2D eigenvalue weighted by molar-refractivity contribution is 6.33. The Labute approximate surface area is 208 Å². The van der Waals surface area contributed by atoms with Crippen molar-refractivity contribution in [2.24, 2.45) is 0 Å². The highest BCUT2D eigenvalue weighted by atomic mass is 35.5. The summed E-state index contributed by atoms with van der Waals surface area (Å²) in [5.41, 5.74) is 3.51. The average molecular weight is 496 g/mol. The molecule has 35 heavy (non-hydrogen) atoms. The van der Waals surface area contributed by atoms with Crippen LogP contribution in [0, 0.1) is 11.3 Å². The van der Waals surface area contributed by atoms with Gasteiger partial charge in [0.15, 0.2) is 0 Å². The molecule has 10 nitrogen and oxygen atoms in total. The van der Waals surface area contributed by atoms with E-state index in [0.717, 1.165) is 16.8 Å². The second kappa shape index (κ2) is 10.3. The van der Waals surface area contributed by atoms with Crippen LogP contribution >= 0.6 is 11.6 Å². The lowest BCUT2D eigenvalue weighted by Gasteiger charge is -2.21. The zero-order valence-corrected chi connectivity index (χ0v) is 20.4. The molecule has 4 N–H and O–H groups in total. The number of nitrogens with one attached hydrogen (secondary N) is 3. The van der Waals surface area contributed by atoms with Crippen molar-refractivity contribution in [3.63, 3.8) is 0 Å². The minimum atomic E-state index is -0.486. The Morgan fingerprint density at radius 2 is 2.11 bits per heavy atom. The number of anilines is 4. The molecule has 0 unspecified atom stereocenters. The molecule has 0 bridgehead atoms. The Morgan fingerprint density at radius 1 is 1.29 bits per heavy atom. The van der Waals surface area contributed by atoms with Crippen LogP contribution in [0.15, 0.2) is 30.5 Å². The summed E-state index contributed by atoms with van der Waals surface area (Å²) in [5, 5.41) is 29.5. The first kappa shape index (κ1) is 24.5. The summed E-state index contributed by atoms with van der Waals surface area (Å²) in [4.78, 5) is 13.4. The minimum absolute atomic E-state index is 0.0399. The number of halogens is 1. The van der Waals surface area contributed by atoms with Gasteiger partial charge in [-0.2, -0.15) is 10.2 Å². The van der Waals surface area contributed by atoms with E-state index < -0.39 is 5.41 Å². The molecule has 1 atom stereocenters. The lowest BCUT2D eigenvalue weighted by molar-refractivity contribution is 0.210. The van der Waals surface area contributed by atoms with Gasteiger partial charge < -0.3 is 30.5 Å². The Kier molecular flexibility index (Phi) is 7.21. The van der Waals surface area contributed by atoms with Crippen LogP contribution in [0.1, 0.15) is 18.1 Å². The molecule has 0 fully saturated rings. The minimum Gasteiger partial charge on any atom is -0.479 e. The Bertz CT molecular complexity index is 1280. The number of nitriles is 1. The number of hydrogen-bond acceptors (Lipinski definition) is 10. The molecular weight excluding hydrogens is 470 g/mol. The monoisotopic (exact) mass is 495 g/mol. The number of methoxy groups -OCH3 is 2. The maximum Gasteiger partial charge on any atom is 0.239 e. The molecule has 4 rings (SSSR count). The third-order valence-electron chi connectivity index (χ3n) is 5.84. The quantitative estimate of drug-likeness (QED) is 0.326. The number of pyridine rings is 1. The van der Waals surface area contributed by atoms with E-state index in [-0.39, 0.29) is 6.61 Å². The van der Waals surface area contributed by atoms with Crippen LogP contribution in [0.2, 0.25) is 5.02 Å². The smallest absolute Gasteiger partial charge is 0.239 e. The molecule has 1 aliphatic heterocycles. The third-order valence-corrected chi connectivity index (χ3v) is 6.13. The molecule has 3 heterocycles. The lowest BCUT2D eigenvalue weighted by atomic mass is 9.83. The van der Waals surface area contributed by atoms with Gasteiger partial charge in [-0.25, -0.2) is 9.97 Å². The van der Waals surface area contributed by atoms with Gasteiger partial charge in [0.25, 0.3) is 0 Å². The fourth-order valence-electron chi connectivity index (χ4n) is 3.88. The van der Waals surface area contributed by atoms with E-state index in [0.29, 0.717) is 59.3 Å². The fraction of sp³-hybridized carbons (Fsp3) is 0.333. The number of rotatable bonds is 9. The van der Waals surface area contributed by atoms with Gasteiger partial charge in [0.05, 0.1) is 42.3 Å². The van der Waals surface area contributed by atoms with Crippen LogP contribution < -0.4 is 20.7 Å². The molecule has 0 radical (unpaired) electrons. The summed E-state index contributed by atoms with van der Waals surface area (Å²) in [6.45, 7) is 3.52. The van der Waals surface area contributed by atoms with Gasteiger partial charge in [-0.05, 0) is 29.8 Å².